The lowest BCUT2D eigenvalue weighted by Gasteiger charge is -2.23. The second kappa shape index (κ2) is 11.4. The normalized spacial score (nSPS) is 12.3. The highest BCUT2D eigenvalue weighted by Crippen LogP contribution is 2.33. The van der Waals surface area contributed by atoms with E-state index in [1.165, 1.54) is 11.3 Å². The Balaban J connectivity index is 1.62. The van der Waals surface area contributed by atoms with Gasteiger partial charge in [0, 0.05) is 36.0 Å². The fourth-order valence-corrected chi connectivity index (χ4v) is 4.86. The van der Waals surface area contributed by atoms with Crippen molar-refractivity contribution >= 4 is 63.0 Å². The van der Waals surface area contributed by atoms with E-state index < -0.39 is 0 Å². The van der Waals surface area contributed by atoms with Crippen molar-refractivity contribution < 1.29 is 9.52 Å². The molecule has 0 spiro atoms. The van der Waals surface area contributed by atoms with E-state index in [0.717, 1.165) is 15.7 Å². The number of aliphatic imine (C=N–C) groups is 1. The summed E-state index contributed by atoms with van der Waals surface area (Å²) in [6, 6.07) is 7.28. The van der Waals surface area contributed by atoms with Crippen LogP contribution in [0.4, 0.5) is 10.8 Å². The summed E-state index contributed by atoms with van der Waals surface area (Å²) in [6.45, 7) is 7.64. The maximum absolute atomic E-state index is 12.5. The highest BCUT2D eigenvalue weighted by atomic mass is 35.5. The third-order valence-electron chi connectivity index (χ3n) is 4.49. The summed E-state index contributed by atoms with van der Waals surface area (Å²) in [5, 5.41) is 13.0. The minimum absolute atomic E-state index is 0.0719. The van der Waals surface area contributed by atoms with E-state index in [1.54, 1.807) is 36.3 Å². The van der Waals surface area contributed by atoms with Crippen molar-refractivity contribution in [2.24, 2.45) is 4.99 Å². The molecule has 0 N–H and O–H groups in total. The summed E-state index contributed by atoms with van der Waals surface area (Å²) in [5.41, 5.74) is 1.40. The Morgan fingerprint density at radius 2 is 1.81 bits per heavy atom. The first kappa shape index (κ1) is 24.9. The first-order chi connectivity index (χ1) is 15.3. The van der Waals surface area contributed by atoms with Gasteiger partial charge in [0.15, 0.2) is 0 Å². The van der Waals surface area contributed by atoms with Gasteiger partial charge >= 0.3 is 0 Å². The third-order valence-corrected chi connectivity index (χ3v) is 6.90. The van der Waals surface area contributed by atoms with E-state index in [-0.39, 0.29) is 11.3 Å². The average molecular weight is 513 g/mol. The first-order valence-electron chi connectivity index (χ1n) is 10.1. The van der Waals surface area contributed by atoms with Gasteiger partial charge in [-0.05, 0) is 23.6 Å². The highest BCUT2D eigenvalue weighted by Gasteiger charge is 2.19. The van der Waals surface area contributed by atoms with Gasteiger partial charge in [-0.3, -0.25) is 0 Å². The second-order valence-electron chi connectivity index (χ2n) is 7.95. The topological polar surface area (TPSA) is 77.6 Å². The molecule has 0 fully saturated rings. The number of benzene rings is 1. The highest BCUT2D eigenvalue weighted by molar-refractivity contribution is 8.00. The van der Waals surface area contributed by atoms with Gasteiger partial charge in [0.1, 0.15) is 5.76 Å². The van der Waals surface area contributed by atoms with Crippen LogP contribution in [0.3, 0.4) is 0 Å². The van der Waals surface area contributed by atoms with Crippen molar-refractivity contribution in [2.45, 2.75) is 36.1 Å². The maximum Gasteiger partial charge on any atom is 0.209 e. The van der Waals surface area contributed by atoms with Gasteiger partial charge in [-0.25, -0.2) is 15.0 Å². The SMILES string of the molecule is CC(C)(C)c1cnc(CSc2cnc(/N=C(\[O-])c3ccc(N(CCCl)CCCl)cc3)s2)o1. The minimum atomic E-state index is -0.328. The van der Waals surface area contributed by atoms with E-state index in [4.69, 9.17) is 27.6 Å². The molecule has 0 saturated heterocycles. The van der Waals surface area contributed by atoms with E-state index in [2.05, 4.69) is 40.6 Å². The number of halogens is 2. The zero-order chi connectivity index (χ0) is 23.1. The summed E-state index contributed by atoms with van der Waals surface area (Å²) in [7, 11) is 0. The second-order valence-corrected chi connectivity index (χ2v) is 11.0. The first-order valence-corrected chi connectivity index (χ1v) is 12.9. The fraction of sp³-hybridized carbons (Fsp3) is 0.409. The summed E-state index contributed by atoms with van der Waals surface area (Å²) in [5.74, 6) is 2.80. The molecular formula is C22H25Cl2N4O2S2-. The number of alkyl halides is 2. The Bertz CT molecular complexity index is 1020. The van der Waals surface area contributed by atoms with Crippen LogP contribution < -0.4 is 10.0 Å². The Kier molecular flexibility index (Phi) is 8.87. The maximum atomic E-state index is 12.5. The van der Waals surface area contributed by atoms with Gasteiger partial charge in [-0.2, -0.15) is 0 Å². The van der Waals surface area contributed by atoms with Crippen LogP contribution in [-0.2, 0) is 11.2 Å². The predicted molar refractivity (Wildman–Crippen MR) is 133 cm³/mol. The number of anilines is 1. The quantitative estimate of drug-likeness (QED) is 0.156. The monoisotopic (exact) mass is 511 g/mol. The molecule has 0 unspecified atom stereocenters. The summed E-state index contributed by atoms with van der Waals surface area (Å²) < 4.78 is 6.76. The summed E-state index contributed by atoms with van der Waals surface area (Å²) >= 11 is 14.6. The van der Waals surface area contributed by atoms with Crippen LogP contribution in [0, 0.1) is 0 Å². The van der Waals surface area contributed by atoms with Crippen molar-refractivity contribution in [2.75, 3.05) is 29.7 Å². The van der Waals surface area contributed by atoms with Gasteiger partial charge in [-0.15, -0.1) is 35.0 Å². The smallest absolute Gasteiger partial charge is 0.209 e. The van der Waals surface area contributed by atoms with E-state index in [9.17, 15) is 5.11 Å². The Morgan fingerprint density at radius 3 is 2.41 bits per heavy atom. The van der Waals surface area contributed by atoms with Crippen molar-refractivity contribution in [1.82, 2.24) is 9.97 Å². The Labute approximate surface area is 206 Å². The molecule has 2 heterocycles. The lowest BCUT2D eigenvalue weighted by atomic mass is 9.94. The molecule has 3 aromatic rings. The molecule has 0 amide bonds. The largest absolute Gasteiger partial charge is 0.858 e. The van der Waals surface area contributed by atoms with Crippen LogP contribution >= 0.6 is 46.3 Å². The number of hydrogen-bond acceptors (Lipinski definition) is 8. The number of thiazole rings is 1. The summed E-state index contributed by atoms with van der Waals surface area (Å²) in [6.07, 6.45) is 3.49. The van der Waals surface area contributed by atoms with E-state index in [0.29, 0.717) is 47.2 Å². The molecule has 10 heteroatoms. The van der Waals surface area contributed by atoms with Gasteiger partial charge in [0.25, 0.3) is 0 Å². The molecule has 0 bridgehead atoms. The molecule has 3 rings (SSSR count). The Hall–Kier alpha value is -1.74. The van der Waals surface area contributed by atoms with Gasteiger partial charge < -0.3 is 14.4 Å². The minimum Gasteiger partial charge on any atom is -0.858 e. The van der Waals surface area contributed by atoms with E-state index in [1.807, 2.05) is 12.1 Å². The van der Waals surface area contributed by atoms with Crippen LogP contribution in [-0.4, -0.2) is 40.7 Å². The van der Waals surface area contributed by atoms with Crippen LogP contribution in [0.15, 0.2) is 50.3 Å². The number of oxazole rings is 1. The van der Waals surface area contributed by atoms with Crippen molar-refractivity contribution in [1.29, 1.82) is 0 Å². The molecule has 1 aromatic carbocycles. The molecule has 32 heavy (non-hydrogen) atoms. The van der Waals surface area contributed by atoms with Crippen LogP contribution in [0.5, 0.6) is 0 Å². The molecule has 0 radical (unpaired) electrons. The van der Waals surface area contributed by atoms with Gasteiger partial charge in [-0.1, -0.05) is 44.2 Å². The molecule has 6 nitrogen and oxygen atoms in total. The molecule has 0 saturated carbocycles. The lowest BCUT2D eigenvalue weighted by molar-refractivity contribution is -0.212. The standard InChI is InChI=1S/C22H26Cl2N4O2S2/c1-22(2,3)17-12-25-18(30-17)14-31-19-13-26-21(32-19)27-20(29)15-4-6-16(7-5-15)28(10-8-23)11-9-24/h4-7,12-13H,8-11,14H2,1-3H3,(H,26,27,29)/p-1. The fourth-order valence-electron chi connectivity index (χ4n) is 2.77. The van der Waals surface area contributed by atoms with Crippen LogP contribution in [0.1, 0.15) is 38.0 Å². The summed E-state index contributed by atoms with van der Waals surface area (Å²) in [4.78, 5) is 14.8. The molecule has 0 atom stereocenters. The molecule has 0 aliphatic heterocycles. The van der Waals surface area contributed by atoms with Gasteiger partial charge in [0.2, 0.25) is 11.0 Å². The number of hydrogen-bond donors (Lipinski definition) is 0. The van der Waals surface area contributed by atoms with Gasteiger partial charge in [0.05, 0.1) is 22.4 Å². The predicted octanol–water partition coefficient (Wildman–Crippen LogP) is 5.44. The zero-order valence-electron chi connectivity index (χ0n) is 18.2. The molecular weight excluding hydrogens is 487 g/mol. The molecule has 0 aliphatic carbocycles. The number of thioether (sulfide) groups is 1. The molecule has 172 valence electrons. The van der Waals surface area contributed by atoms with Crippen LogP contribution in [0.2, 0.25) is 0 Å². The number of nitrogens with zero attached hydrogens (tertiary/aromatic N) is 4. The number of rotatable bonds is 10. The average Bonchev–Trinajstić information content (AvgIpc) is 3.41. The van der Waals surface area contributed by atoms with Crippen molar-refractivity contribution in [3.8, 4) is 0 Å². The molecule has 0 aliphatic rings. The number of aromatic nitrogens is 2. The molecule has 2 aromatic heterocycles. The van der Waals surface area contributed by atoms with E-state index >= 15 is 0 Å². The third kappa shape index (κ3) is 6.88. The lowest BCUT2D eigenvalue weighted by Crippen LogP contribution is -2.27. The van der Waals surface area contributed by atoms with Crippen LogP contribution in [0.25, 0.3) is 0 Å². The van der Waals surface area contributed by atoms with Crippen molar-refractivity contribution in [3.63, 3.8) is 0 Å². The van der Waals surface area contributed by atoms with Crippen molar-refractivity contribution in [3.05, 3.63) is 53.9 Å². The Morgan fingerprint density at radius 1 is 1.12 bits per heavy atom. The zero-order valence-corrected chi connectivity index (χ0v) is 21.3.